The highest BCUT2D eigenvalue weighted by Gasteiger charge is 2.48. The molecule has 1 aliphatic rings. The van der Waals surface area contributed by atoms with E-state index >= 15 is 0 Å². The molecule has 0 aliphatic carbocycles. The number of ether oxygens (including phenoxy) is 3. The first-order valence-electron chi connectivity index (χ1n) is 13.5. The highest BCUT2D eigenvalue weighted by Crippen LogP contribution is 2.45. The Morgan fingerprint density at radius 3 is 2.12 bits per heavy atom. The van der Waals surface area contributed by atoms with Gasteiger partial charge in [-0.1, -0.05) is 30.3 Å². The van der Waals surface area contributed by atoms with E-state index in [1.165, 1.54) is 0 Å². The highest BCUT2D eigenvalue weighted by atomic mass is 32.1. The zero-order valence-corrected chi connectivity index (χ0v) is 25.0. The van der Waals surface area contributed by atoms with Crippen LogP contribution in [-0.4, -0.2) is 40.3 Å². The Kier molecular flexibility index (Phi) is 8.66. The lowest BCUT2D eigenvalue weighted by atomic mass is 9.87. The van der Waals surface area contributed by atoms with Crippen LogP contribution in [0.4, 0.5) is 0 Å². The molecule has 0 saturated carbocycles. The molecule has 0 radical (unpaired) electrons. The molecule has 218 valence electrons. The van der Waals surface area contributed by atoms with E-state index in [0.717, 1.165) is 51.7 Å². The van der Waals surface area contributed by atoms with Gasteiger partial charge in [0.2, 0.25) is 0 Å². The summed E-state index contributed by atoms with van der Waals surface area (Å²) in [5, 5.41) is 11.8. The molecule has 0 fully saturated rings. The number of aldehydes is 1. The molecule has 4 aromatic carbocycles. The first-order valence-corrected chi connectivity index (χ1v) is 14.2. The maximum Gasteiger partial charge on any atom is 0.342 e. The summed E-state index contributed by atoms with van der Waals surface area (Å²) in [6.07, 6.45) is 1.13. The van der Waals surface area contributed by atoms with Gasteiger partial charge in [-0.25, -0.2) is 4.79 Å². The predicted octanol–water partition coefficient (Wildman–Crippen LogP) is 6.22. The number of esters is 1. The van der Waals surface area contributed by atoms with E-state index in [0.29, 0.717) is 39.8 Å². The van der Waals surface area contributed by atoms with Crippen LogP contribution in [0, 0.1) is 13.8 Å². The molecule has 0 bridgehead atoms. The summed E-state index contributed by atoms with van der Waals surface area (Å²) >= 11 is 1.12. The smallest absolute Gasteiger partial charge is 0.342 e. The number of rotatable bonds is 7. The number of aryl methyl sites for hydroxylation is 2. The van der Waals surface area contributed by atoms with Crippen LogP contribution in [0.15, 0.2) is 90.5 Å². The molecule has 9 heteroatoms. The van der Waals surface area contributed by atoms with E-state index in [-0.39, 0.29) is 0 Å². The van der Waals surface area contributed by atoms with Gasteiger partial charge in [0.1, 0.15) is 28.8 Å². The fourth-order valence-corrected chi connectivity index (χ4v) is 5.31. The quantitative estimate of drug-likeness (QED) is 0.175. The Hall–Kier alpha value is -4.86. The second-order valence-corrected chi connectivity index (χ2v) is 10.6. The molecule has 1 N–H and O–H groups in total. The van der Waals surface area contributed by atoms with Crippen LogP contribution < -0.4 is 9.47 Å². The summed E-state index contributed by atoms with van der Waals surface area (Å²) < 4.78 is 24.4. The topological polar surface area (TPSA) is 108 Å². The number of hydrogen-bond donors (Lipinski definition) is 1. The molecular weight excluding hydrogens is 564 g/mol. The number of hydrogen-bond acceptors (Lipinski definition) is 9. The number of carbonyl (C=O) groups excluding carboxylic acids is 2. The molecule has 1 atom stereocenters. The van der Waals surface area contributed by atoms with Gasteiger partial charge in [-0.2, -0.15) is 8.75 Å². The van der Waals surface area contributed by atoms with Crippen molar-refractivity contribution in [2.45, 2.75) is 26.1 Å². The Morgan fingerprint density at radius 1 is 0.837 bits per heavy atom. The largest absolute Gasteiger partial charge is 0.497 e. The summed E-state index contributed by atoms with van der Waals surface area (Å²) in [5.74, 6) is -0.940. The van der Waals surface area contributed by atoms with Gasteiger partial charge < -0.3 is 19.3 Å². The third-order valence-electron chi connectivity index (χ3n) is 7.39. The molecule has 0 amide bonds. The normalized spacial score (nSPS) is 16.0. The van der Waals surface area contributed by atoms with Gasteiger partial charge in [-0.15, -0.1) is 0 Å². The van der Waals surface area contributed by atoms with Crippen molar-refractivity contribution < 1.29 is 28.9 Å². The number of nitrogens with zero attached hydrogens (tertiary/aromatic N) is 2. The number of cyclic esters (lactones) is 1. The van der Waals surface area contributed by atoms with Gasteiger partial charge >= 0.3 is 5.97 Å². The van der Waals surface area contributed by atoms with Gasteiger partial charge in [-0.3, -0.25) is 4.79 Å². The zero-order chi connectivity index (χ0) is 30.6. The van der Waals surface area contributed by atoms with E-state index in [2.05, 4.69) is 8.75 Å². The van der Waals surface area contributed by atoms with Crippen molar-refractivity contribution in [3.8, 4) is 11.5 Å². The Morgan fingerprint density at radius 2 is 1.49 bits per heavy atom. The standard InChI is InChI=1S/C26H22N2O4S.C8H8O2/c1-15-4-8-19(12-16(15)2)26(30)21(13-17-5-9-20(31-3)10-6-17)24(25(29)32-26)18-7-11-22-23(14-18)28-33-27-22;1-10-8-4-2-7(6-9)3-5-8/h4-12,14,30H,13H2,1-3H3;2-6H,1H3. The van der Waals surface area contributed by atoms with Gasteiger partial charge in [-0.05, 0) is 90.7 Å². The third kappa shape index (κ3) is 6.18. The van der Waals surface area contributed by atoms with Crippen LogP contribution in [-0.2, 0) is 21.7 Å². The van der Waals surface area contributed by atoms with Crippen molar-refractivity contribution >= 4 is 40.6 Å². The van der Waals surface area contributed by atoms with Crippen molar-refractivity contribution in [2.24, 2.45) is 0 Å². The summed E-state index contributed by atoms with van der Waals surface area (Å²) in [5.41, 5.74) is 7.14. The second kappa shape index (κ2) is 12.6. The number of aromatic nitrogens is 2. The van der Waals surface area contributed by atoms with Gasteiger partial charge in [0, 0.05) is 23.1 Å². The average Bonchev–Trinajstić information content (AvgIpc) is 3.60. The molecule has 0 spiro atoms. The van der Waals surface area contributed by atoms with Gasteiger partial charge in [0.25, 0.3) is 5.79 Å². The first kappa shape index (κ1) is 29.6. The molecule has 1 aromatic heterocycles. The second-order valence-electron chi connectivity index (χ2n) is 10.1. The summed E-state index contributed by atoms with van der Waals surface area (Å²) in [6.45, 7) is 3.97. The summed E-state index contributed by atoms with van der Waals surface area (Å²) in [7, 11) is 3.21. The fraction of sp³-hybridized carbons (Fsp3) is 0.176. The molecule has 1 aliphatic heterocycles. The van der Waals surface area contributed by atoms with E-state index < -0.39 is 11.8 Å². The minimum atomic E-state index is -1.87. The average molecular weight is 595 g/mol. The molecule has 5 aromatic rings. The van der Waals surface area contributed by atoms with Gasteiger partial charge in [0.05, 0.1) is 31.5 Å². The van der Waals surface area contributed by atoms with Crippen LogP contribution in [0.5, 0.6) is 11.5 Å². The van der Waals surface area contributed by atoms with Crippen molar-refractivity contribution in [1.29, 1.82) is 0 Å². The third-order valence-corrected chi connectivity index (χ3v) is 7.94. The molecule has 8 nitrogen and oxygen atoms in total. The van der Waals surface area contributed by atoms with Crippen LogP contribution in [0.1, 0.15) is 38.2 Å². The van der Waals surface area contributed by atoms with Crippen molar-refractivity contribution in [2.75, 3.05) is 14.2 Å². The summed E-state index contributed by atoms with van der Waals surface area (Å²) in [4.78, 5) is 23.4. The van der Waals surface area contributed by atoms with E-state index in [4.69, 9.17) is 14.2 Å². The van der Waals surface area contributed by atoms with Crippen LogP contribution in [0.2, 0.25) is 0 Å². The van der Waals surface area contributed by atoms with Crippen molar-refractivity contribution in [1.82, 2.24) is 8.75 Å². The van der Waals surface area contributed by atoms with E-state index in [1.807, 2.05) is 68.4 Å². The SMILES string of the molecule is COc1ccc(C=O)cc1.COc1ccc(CC2=C(c3ccc4nsnc4c3)C(=O)OC2(O)c2ccc(C)c(C)c2)cc1. The van der Waals surface area contributed by atoms with Crippen LogP contribution in [0.3, 0.4) is 0 Å². The Balaban J connectivity index is 0.000000314. The molecule has 0 saturated heterocycles. The highest BCUT2D eigenvalue weighted by molar-refractivity contribution is 7.00. The minimum absolute atomic E-state index is 0.321. The Labute approximate surface area is 253 Å². The molecule has 2 heterocycles. The summed E-state index contributed by atoms with van der Waals surface area (Å²) in [6, 6.07) is 25.5. The van der Waals surface area contributed by atoms with Crippen LogP contribution >= 0.6 is 11.7 Å². The van der Waals surface area contributed by atoms with Crippen LogP contribution in [0.25, 0.3) is 16.6 Å². The van der Waals surface area contributed by atoms with Gasteiger partial charge in [0.15, 0.2) is 0 Å². The maximum absolute atomic E-state index is 13.2. The van der Waals surface area contributed by atoms with Crippen molar-refractivity contribution in [3.05, 3.63) is 124 Å². The first-order chi connectivity index (χ1) is 20.7. The number of benzene rings is 4. The molecular formula is C34H30N2O6S. The fourth-order valence-electron chi connectivity index (χ4n) is 4.79. The number of methoxy groups -OCH3 is 2. The molecule has 6 rings (SSSR count). The number of aliphatic hydroxyl groups is 1. The molecule has 1 unspecified atom stereocenters. The number of carbonyl (C=O) groups is 2. The lowest BCUT2D eigenvalue weighted by Gasteiger charge is -2.26. The zero-order valence-electron chi connectivity index (χ0n) is 24.2. The maximum atomic E-state index is 13.2. The van der Waals surface area contributed by atoms with Crippen molar-refractivity contribution in [3.63, 3.8) is 0 Å². The predicted molar refractivity (Wildman–Crippen MR) is 165 cm³/mol. The van der Waals surface area contributed by atoms with E-state index in [1.54, 1.807) is 44.6 Å². The lowest BCUT2D eigenvalue weighted by molar-refractivity contribution is -0.185. The van der Waals surface area contributed by atoms with E-state index in [9.17, 15) is 14.7 Å². The minimum Gasteiger partial charge on any atom is -0.497 e. The lowest BCUT2D eigenvalue weighted by Crippen LogP contribution is -2.30. The molecule has 43 heavy (non-hydrogen) atoms. The Bertz CT molecular complexity index is 1810. The monoisotopic (exact) mass is 594 g/mol. The number of fused-ring (bicyclic) bond motifs is 1.